The molecule has 0 saturated carbocycles. The van der Waals surface area contributed by atoms with E-state index in [1.807, 2.05) is 37.3 Å². The van der Waals surface area contributed by atoms with Crippen molar-refractivity contribution in [3.05, 3.63) is 41.6 Å². The molecule has 72 valence electrons. The fourth-order valence-electron chi connectivity index (χ4n) is 1.60. The second-order valence-corrected chi connectivity index (χ2v) is 3.55. The number of aryl methyl sites for hydroxylation is 1. The zero-order valence-electron chi connectivity index (χ0n) is 8.36. The van der Waals surface area contributed by atoms with Gasteiger partial charge in [-0.3, -0.25) is 4.98 Å². The quantitative estimate of drug-likeness (QED) is 0.744. The van der Waals surface area contributed by atoms with Gasteiger partial charge in [-0.1, -0.05) is 24.3 Å². The number of benzene rings is 1. The lowest BCUT2D eigenvalue weighted by Crippen LogP contribution is -1.95. The van der Waals surface area contributed by atoms with E-state index in [1.54, 1.807) is 6.92 Å². The molecule has 1 atom stereocenters. The van der Waals surface area contributed by atoms with Crippen LogP contribution in [0.1, 0.15) is 24.3 Å². The number of aliphatic hydroxyl groups is 1. The normalized spacial score (nSPS) is 13.1. The van der Waals surface area contributed by atoms with Crippen molar-refractivity contribution in [2.45, 2.75) is 20.0 Å². The molecule has 0 saturated heterocycles. The number of nitrogens with zero attached hydrogens (tertiary/aromatic N) is 1. The summed E-state index contributed by atoms with van der Waals surface area (Å²) in [6.07, 6.45) is -0.465. The summed E-state index contributed by atoms with van der Waals surface area (Å²) in [6, 6.07) is 9.88. The van der Waals surface area contributed by atoms with Gasteiger partial charge in [-0.2, -0.15) is 0 Å². The number of hydrogen-bond donors (Lipinski definition) is 1. The first-order valence-electron chi connectivity index (χ1n) is 4.73. The number of hydrogen-bond acceptors (Lipinski definition) is 2. The predicted octanol–water partition coefficient (Wildman–Crippen LogP) is 2.60. The largest absolute Gasteiger partial charge is 0.389 e. The molecule has 1 aromatic carbocycles. The van der Waals surface area contributed by atoms with Crippen molar-refractivity contribution in [2.24, 2.45) is 0 Å². The highest BCUT2D eigenvalue weighted by atomic mass is 16.3. The van der Waals surface area contributed by atoms with Crippen LogP contribution in [0, 0.1) is 6.92 Å². The van der Waals surface area contributed by atoms with E-state index in [1.165, 1.54) is 0 Å². The van der Waals surface area contributed by atoms with Crippen molar-refractivity contribution in [1.29, 1.82) is 0 Å². The third-order valence-electron chi connectivity index (χ3n) is 2.34. The van der Waals surface area contributed by atoms with Crippen LogP contribution in [0.25, 0.3) is 10.9 Å². The first kappa shape index (κ1) is 9.16. The Bertz CT molecular complexity index is 463. The molecule has 2 aromatic rings. The van der Waals surface area contributed by atoms with E-state index in [0.29, 0.717) is 0 Å². The van der Waals surface area contributed by atoms with Crippen LogP contribution >= 0.6 is 0 Å². The molecule has 0 spiro atoms. The van der Waals surface area contributed by atoms with Crippen LogP contribution in [0.4, 0.5) is 0 Å². The van der Waals surface area contributed by atoms with Gasteiger partial charge < -0.3 is 5.11 Å². The Hall–Kier alpha value is -1.41. The summed E-state index contributed by atoms with van der Waals surface area (Å²) in [4.78, 5) is 4.44. The fraction of sp³-hybridized carbons (Fsp3) is 0.250. The minimum atomic E-state index is -0.465. The maximum Gasteiger partial charge on any atom is 0.0783 e. The lowest BCUT2D eigenvalue weighted by atomic mass is 10.1. The summed E-state index contributed by atoms with van der Waals surface area (Å²) >= 11 is 0. The van der Waals surface area contributed by atoms with Gasteiger partial charge in [-0.15, -0.1) is 0 Å². The fourth-order valence-corrected chi connectivity index (χ4v) is 1.60. The summed E-state index contributed by atoms with van der Waals surface area (Å²) in [7, 11) is 0. The van der Waals surface area contributed by atoms with Crippen LogP contribution in [-0.2, 0) is 0 Å². The van der Waals surface area contributed by atoms with E-state index >= 15 is 0 Å². The number of aliphatic hydroxyl groups excluding tert-OH is 1. The second-order valence-electron chi connectivity index (χ2n) is 3.55. The summed E-state index contributed by atoms with van der Waals surface area (Å²) in [5.41, 5.74) is 2.78. The predicted molar refractivity (Wildman–Crippen MR) is 57.1 cm³/mol. The van der Waals surface area contributed by atoms with Gasteiger partial charge in [0.15, 0.2) is 0 Å². The number of fused-ring (bicyclic) bond motifs is 1. The van der Waals surface area contributed by atoms with Gasteiger partial charge in [0.25, 0.3) is 0 Å². The van der Waals surface area contributed by atoms with Crippen LogP contribution < -0.4 is 0 Å². The zero-order chi connectivity index (χ0) is 10.1. The molecular weight excluding hydrogens is 174 g/mol. The molecule has 0 aliphatic heterocycles. The Kier molecular flexibility index (Phi) is 2.22. The molecule has 1 heterocycles. The lowest BCUT2D eigenvalue weighted by molar-refractivity contribution is 0.200. The lowest BCUT2D eigenvalue weighted by Gasteiger charge is -2.08. The minimum absolute atomic E-state index is 0.465. The molecule has 1 N–H and O–H groups in total. The van der Waals surface area contributed by atoms with Gasteiger partial charge in [0.2, 0.25) is 0 Å². The molecule has 0 aliphatic carbocycles. The van der Waals surface area contributed by atoms with Gasteiger partial charge in [0.1, 0.15) is 0 Å². The van der Waals surface area contributed by atoms with Crippen molar-refractivity contribution in [2.75, 3.05) is 0 Å². The third kappa shape index (κ3) is 1.49. The maximum absolute atomic E-state index is 9.57. The Morgan fingerprint density at radius 1 is 1.21 bits per heavy atom. The molecule has 0 fully saturated rings. The number of pyridine rings is 1. The molecule has 2 rings (SSSR count). The summed E-state index contributed by atoms with van der Waals surface area (Å²) in [5.74, 6) is 0. The van der Waals surface area contributed by atoms with Gasteiger partial charge >= 0.3 is 0 Å². The van der Waals surface area contributed by atoms with Gasteiger partial charge in [0.05, 0.1) is 11.6 Å². The highest BCUT2D eigenvalue weighted by Gasteiger charge is 2.06. The highest BCUT2D eigenvalue weighted by Crippen LogP contribution is 2.22. The molecule has 0 aliphatic rings. The van der Waals surface area contributed by atoms with E-state index in [2.05, 4.69) is 4.98 Å². The molecule has 0 amide bonds. The summed E-state index contributed by atoms with van der Waals surface area (Å²) in [6.45, 7) is 3.72. The highest BCUT2D eigenvalue weighted by molar-refractivity contribution is 5.82. The first-order valence-corrected chi connectivity index (χ1v) is 4.73. The minimum Gasteiger partial charge on any atom is -0.389 e. The molecule has 0 radical (unpaired) electrons. The average Bonchev–Trinajstić information content (AvgIpc) is 2.16. The Morgan fingerprint density at radius 3 is 2.71 bits per heavy atom. The number of aromatic nitrogens is 1. The van der Waals surface area contributed by atoms with Gasteiger partial charge in [-0.05, 0) is 19.9 Å². The van der Waals surface area contributed by atoms with Crippen molar-refractivity contribution in [3.8, 4) is 0 Å². The topological polar surface area (TPSA) is 33.1 Å². The van der Waals surface area contributed by atoms with Crippen molar-refractivity contribution >= 4 is 10.9 Å². The molecule has 14 heavy (non-hydrogen) atoms. The van der Waals surface area contributed by atoms with Crippen LogP contribution in [0.5, 0.6) is 0 Å². The Morgan fingerprint density at radius 2 is 2.00 bits per heavy atom. The Labute approximate surface area is 83.2 Å². The monoisotopic (exact) mass is 187 g/mol. The molecule has 0 bridgehead atoms. The Balaban J connectivity index is 2.77. The molecule has 2 heteroatoms. The third-order valence-corrected chi connectivity index (χ3v) is 2.34. The van der Waals surface area contributed by atoms with Crippen LogP contribution in [0.2, 0.25) is 0 Å². The van der Waals surface area contributed by atoms with E-state index in [4.69, 9.17) is 0 Å². The number of rotatable bonds is 1. The van der Waals surface area contributed by atoms with Crippen LogP contribution in [-0.4, -0.2) is 10.1 Å². The standard InChI is InChI=1S/C12H13NO/c1-8-6-7-10-4-3-5-11(9(2)14)12(10)13-8/h3-7,9,14H,1-2H3. The molecule has 2 nitrogen and oxygen atoms in total. The second kappa shape index (κ2) is 3.39. The van der Waals surface area contributed by atoms with E-state index in [-0.39, 0.29) is 0 Å². The zero-order valence-corrected chi connectivity index (χ0v) is 8.36. The van der Waals surface area contributed by atoms with E-state index in [0.717, 1.165) is 22.2 Å². The van der Waals surface area contributed by atoms with Crippen LogP contribution in [0.15, 0.2) is 30.3 Å². The summed E-state index contributed by atoms with van der Waals surface area (Å²) < 4.78 is 0. The number of para-hydroxylation sites is 1. The van der Waals surface area contributed by atoms with Gasteiger partial charge in [-0.25, -0.2) is 0 Å². The summed E-state index contributed by atoms with van der Waals surface area (Å²) in [5, 5.41) is 10.7. The van der Waals surface area contributed by atoms with Crippen molar-refractivity contribution < 1.29 is 5.11 Å². The molecule has 1 aromatic heterocycles. The molecule has 1 unspecified atom stereocenters. The van der Waals surface area contributed by atoms with E-state index in [9.17, 15) is 5.11 Å². The maximum atomic E-state index is 9.57. The van der Waals surface area contributed by atoms with Gasteiger partial charge in [0, 0.05) is 16.6 Å². The first-order chi connectivity index (χ1) is 6.68. The van der Waals surface area contributed by atoms with Crippen molar-refractivity contribution in [1.82, 2.24) is 4.98 Å². The smallest absolute Gasteiger partial charge is 0.0783 e. The van der Waals surface area contributed by atoms with E-state index < -0.39 is 6.10 Å². The SMILES string of the molecule is Cc1ccc2cccc(C(C)O)c2n1. The molecular formula is C12H13NO. The average molecular weight is 187 g/mol. The van der Waals surface area contributed by atoms with Crippen LogP contribution in [0.3, 0.4) is 0 Å². The van der Waals surface area contributed by atoms with Crippen molar-refractivity contribution in [3.63, 3.8) is 0 Å².